The number of hydrogen-bond acceptors (Lipinski definition) is 4. The van der Waals surface area contributed by atoms with E-state index in [2.05, 4.69) is 72.1 Å². The lowest BCUT2D eigenvalue weighted by molar-refractivity contribution is 0.625. The van der Waals surface area contributed by atoms with Crippen molar-refractivity contribution in [2.24, 2.45) is 0 Å². The number of aromatic nitrogens is 2. The molecular weight excluding hydrogens is 260 g/mol. The minimum atomic E-state index is -0.0465. The fraction of sp³-hybridized carbons (Fsp3) is 0.412. The fourth-order valence-electron chi connectivity index (χ4n) is 2.08. The van der Waals surface area contributed by atoms with Gasteiger partial charge in [0.2, 0.25) is 5.95 Å². The van der Waals surface area contributed by atoms with Crippen LogP contribution in [0.25, 0.3) is 0 Å². The molecule has 4 nitrogen and oxygen atoms in total. The maximum absolute atomic E-state index is 4.63. The highest BCUT2D eigenvalue weighted by Crippen LogP contribution is 2.17. The Bertz CT molecular complexity index is 561. The van der Waals surface area contributed by atoms with Crippen molar-refractivity contribution in [3.63, 3.8) is 0 Å². The normalized spacial score (nSPS) is 11.2. The van der Waals surface area contributed by atoms with Crippen molar-refractivity contribution < 1.29 is 0 Å². The van der Waals surface area contributed by atoms with Crippen molar-refractivity contribution in [1.29, 1.82) is 0 Å². The molecule has 2 aromatic rings. The smallest absolute Gasteiger partial charge is 0.225 e. The van der Waals surface area contributed by atoms with Gasteiger partial charge in [-0.2, -0.15) is 4.98 Å². The van der Waals surface area contributed by atoms with Gasteiger partial charge in [-0.25, -0.2) is 4.98 Å². The zero-order valence-electron chi connectivity index (χ0n) is 13.3. The first kappa shape index (κ1) is 15.3. The highest BCUT2D eigenvalue weighted by atomic mass is 15.2. The summed E-state index contributed by atoms with van der Waals surface area (Å²) in [5, 5.41) is 3.32. The van der Waals surface area contributed by atoms with Crippen LogP contribution in [0.15, 0.2) is 42.6 Å². The van der Waals surface area contributed by atoms with Crippen molar-refractivity contribution in [3.05, 3.63) is 48.2 Å². The SMILES string of the molecule is CCN(Cc1ccccc1)c1ccnc(NC(C)(C)C)n1. The van der Waals surface area contributed by atoms with Crippen LogP contribution >= 0.6 is 0 Å². The third-order valence-corrected chi connectivity index (χ3v) is 3.05. The fourth-order valence-corrected chi connectivity index (χ4v) is 2.08. The monoisotopic (exact) mass is 284 g/mol. The quantitative estimate of drug-likeness (QED) is 0.908. The van der Waals surface area contributed by atoms with E-state index >= 15 is 0 Å². The van der Waals surface area contributed by atoms with Crippen LogP contribution in [0.5, 0.6) is 0 Å². The van der Waals surface area contributed by atoms with Gasteiger partial charge in [-0.3, -0.25) is 0 Å². The third-order valence-electron chi connectivity index (χ3n) is 3.05. The summed E-state index contributed by atoms with van der Waals surface area (Å²) in [7, 11) is 0. The summed E-state index contributed by atoms with van der Waals surface area (Å²) >= 11 is 0. The van der Waals surface area contributed by atoms with Crippen LogP contribution in [0, 0.1) is 0 Å². The molecule has 4 heteroatoms. The highest BCUT2D eigenvalue weighted by Gasteiger charge is 2.13. The summed E-state index contributed by atoms with van der Waals surface area (Å²) in [5.41, 5.74) is 1.23. The zero-order chi connectivity index (χ0) is 15.3. The molecule has 0 spiro atoms. The van der Waals surface area contributed by atoms with E-state index in [1.807, 2.05) is 18.3 Å². The molecule has 1 aromatic heterocycles. The Labute approximate surface area is 127 Å². The maximum atomic E-state index is 4.63. The van der Waals surface area contributed by atoms with Gasteiger partial charge >= 0.3 is 0 Å². The van der Waals surface area contributed by atoms with Gasteiger partial charge in [0, 0.05) is 24.8 Å². The summed E-state index contributed by atoms with van der Waals surface area (Å²) in [6, 6.07) is 12.4. The van der Waals surface area contributed by atoms with Gasteiger partial charge in [-0.1, -0.05) is 30.3 Å². The number of anilines is 2. The number of hydrogen-bond donors (Lipinski definition) is 1. The van der Waals surface area contributed by atoms with Crippen molar-refractivity contribution in [3.8, 4) is 0 Å². The summed E-state index contributed by atoms with van der Waals surface area (Å²) in [4.78, 5) is 11.2. The minimum Gasteiger partial charge on any atom is -0.352 e. The Balaban J connectivity index is 2.16. The van der Waals surface area contributed by atoms with Gasteiger partial charge in [-0.15, -0.1) is 0 Å². The van der Waals surface area contributed by atoms with Crippen molar-refractivity contribution in [2.45, 2.75) is 39.8 Å². The molecule has 0 aliphatic heterocycles. The molecule has 0 atom stereocenters. The molecule has 112 valence electrons. The second-order valence-electron chi connectivity index (χ2n) is 6.11. The Morgan fingerprint density at radius 2 is 1.81 bits per heavy atom. The van der Waals surface area contributed by atoms with E-state index in [9.17, 15) is 0 Å². The molecule has 0 amide bonds. The van der Waals surface area contributed by atoms with Crippen molar-refractivity contribution in [1.82, 2.24) is 9.97 Å². The van der Waals surface area contributed by atoms with E-state index in [1.54, 1.807) is 0 Å². The van der Waals surface area contributed by atoms with Crippen molar-refractivity contribution in [2.75, 3.05) is 16.8 Å². The second kappa shape index (κ2) is 6.57. The topological polar surface area (TPSA) is 41.1 Å². The predicted octanol–water partition coefficient (Wildman–Crippen LogP) is 3.71. The minimum absolute atomic E-state index is 0.0465. The van der Waals surface area contributed by atoms with Gasteiger partial charge in [0.15, 0.2) is 0 Å². The Kier molecular flexibility index (Phi) is 4.78. The van der Waals surface area contributed by atoms with Gasteiger partial charge < -0.3 is 10.2 Å². The largest absolute Gasteiger partial charge is 0.352 e. The molecule has 0 fully saturated rings. The summed E-state index contributed by atoms with van der Waals surface area (Å²) < 4.78 is 0. The molecule has 1 heterocycles. The maximum Gasteiger partial charge on any atom is 0.225 e. The summed E-state index contributed by atoms with van der Waals surface area (Å²) in [6.45, 7) is 10.2. The third kappa shape index (κ3) is 4.74. The number of benzene rings is 1. The first-order valence-electron chi connectivity index (χ1n) is 7.38. The number of nitrogens with one attached hydrogen (secondary N) is 1. The van der Waals surface area contributed by atoms with Crippen LogP contribution < -0.4 is 10.2 Å². The van der Waals surface area contributed by atoms with Gasteiger partial charge in [0.05, 0.1) is 0 Å². The first-order chi connectivity index (χ1) is 9.98. The summed E-state index contributed by atoms with van der Waals surface area (Å²) in [5.74, 6) is 1.62. The van der Waals surface area contributed by atoms with Crippen molar-refractivity contribution >= 4 is 11.8 Å². The van der Waals surface area contributed by atoms with Crippen LogP contribution in [-0.4, -0.2) is 22.1 Å². The number of nitrogens with zero attached hydrogens (tertiary/aromatic N) is 3. The molecule has 1 N–H and O–H groups in total. The molecule has 0 bridgehead atoms. The molecule has 0 radical (unpaired) electrons. The average Bonchev–Trinajstić information content (AvgIpc) is 2.44. The first-order valence-corrected chi connectivity index (χ1v) is 7.38. The van der Waals surface area contributed by atoms with Gasteiger partial charge in [-0.05, 0) is 39.3 Å². The molecule has 0 aliphatic rings. The average molecular weight is 284 g/mol. The van der Waals surface area contributed by atoms with E-state index in [-0.39, 0.29) is 5.54 Å². The summed E-state index contributed by atoms with van der Waals surface area (Å²) in [6.07, 6.45) is 1.81. The predicted molar refractivity (Wildman–Crippen MR) is 88.6 cm³/mol. The highest BCUT2D eigenvalue weighted by molar-refractivity contribution is 5.43. The molecule has 0 saturated heterocycles. The molecule has 21 heavy (non-hydrogen) atoms. The van der Waals surface area contributed by atoms with E-state index in [4.69, 9.17) is 0 Å². The Hall–Kier alpha value is -2.10. The van der Waals surface area contributed by atoms with E-state index < -0.39 is 0 Å². The van der Waals surface area contributed by atoms with E-state index in [0.717, 1.165) is 18.9 Å². The molecule has 0 aliphatic carbocycles. The zero-order valence-corrected chi connectivity index (χ0v) is 13.3. The van der Waals surface area contributed by atoms with Crippen LogP contribution in [0.1, 0.15) is 33.3 Å². The lowest BCUT2D eigenvalue weighted by Gasteiger charge is -2.24. The Morgan fingerprint density at radius 3 is 2.43 bits per heavy atom. The lowest BCUT2D eigenvalue weighted by atomic mass is 10.1. The molecule has 2 rings (SSSR count). The van der Waals surface area contributed by atoms with E-state index in [0.29, 0.717) is 5.95 Å². The second-order valence-corrected chi connectivity index (χ2v) is 6.11. The van der Waals surface area contributed by atoms with E-state index in [1.165, 1.54) is 5.56 Å². The molecule has 0 unspecified atom stereocenters. The standard InChI is InChI=1S/C17H24N4/c1-5-21(13-14-9-7-6-8-10-14)15-11-12-18-16(19-15)20-17(2,3)4/h6-12H,5,13H2,1-4H3,(H,18,19,20). The van der Waals surface area contributed by atoms with Gasteiger partial charge in [0.25, 0.3) is 0 Å². The van der Waals surface area contributed by atoms with Crippen LogP contribution in [0.4, 0.5) is 11.8 Å². The van der Waals surface area contributed by atoms with Crippen LogP contribution in [-0.2, 0) is 6.54 Å². The molecule has 1 aromatic carbocycles. The lowest BCUT2D eigenvalue weighted by Crippen LogP contribution is -2.28. The Morgan fingerprint density at radius 1 is 1.10 bits per heavy atom. The van der Waals surface area contributed by atoms with Crippen LogP contribution in [0.3, 0.4) is 0 Å². The number of rotatable bonds is 5. The molecular formula is C17H24N4. The van der Waals surface area contributed by atoms with Gasteiger partial charge in [0.1, 0.15) is 5.82 Å². The molecule has 0 saturated carbocycles. The van der Waals surface area contributed by atoms with Crippen LogP contribution in [0.2, 0.25) is 0 Å².